The van der Waals surface area contributed by atoms with E-state index >= 15 is 0 Å². The maximum atomic E-state index is 11.6. The Morgan fingerprint density at radius 1 is 1.47 bits per heavy atom. The van der Waals surface area contributed by atoms with Crippen molar-refractivity contribution in [1.29, 1.82) is 0 Å². The Kier molecular flexibility index (Phi) is 2.17. The van der Waals surface area contributed by atoms with Gasteiger partial charge in [0.05, 0.1) is 12.1 Å². The fourth-order valence-corrected chi connectivity index (χ4v) is 2.27. The molecule has 5 heteroatoms. The molecule has 2 unspecified atom stereocenters. The fourth-order valence-electron chi connectivity index (χ4n) is 2.27. The van der Waals surface area contributed by atoms with Crippen LogP contribution in [0, 0.1) is 5.92 Å². The first-order chi connectivity index (χ1) is 7.00. The molecule has 2 N–H and O–H groups in total. The van der Waals surface area contributed by atoms with Gasteiger partial charge in [0.15, 0.2) is 0 Å². The van der Waals surface area contributed by atoms with Crippen LogP contribution in [0.5, 0.6) is 0 Å². The van der Waals surface area contributed by atoms with Crippen LogP contribution in [-0.4, -0.2) is 36.0 Å². The maximum absolute atomic E-state index is 11.6. The zero-order valence-electron chi connectivity index (χ0n) is 8.82. The van der Waals surface area contributed by atoms with E-state index < -0.39 is 11.9 Å². The number of fused-ring (bicyclic) bond motifs is 1. The Hall–Kier alpha value is -1.52. The molecule has 2 heterocycles. The molecule has 1 saturated heterocycles. The first-order valence-electron chi connectivity index (χ1n) is 5.00. The molecule has 0 radical (unpaired) electrons. The molecule has 2 aliphatic heterocycles. The van der Waals surface area contributed by atoms with Crippen LogP contribution in [0.2, 0.25) is 0 Å². The van der Waals surface area contributed by atoms with Crippen molar-refractivity contribution in [2.75, 3.05) is 13.1 Å². The maximum Gasteiger partial charge on any atom is 0.355 e. The molecule has 0 aliphatic carbocycles. The standard InChI is InChI=1S/C10H14N2O3/c1-5-3-12-4-6(2)15-10(14)8(12)7(5)9(11)13/h5-6H,3-4H2,1-2H3,(H2,11,13). The van der Waals surface area contributed by atoms with Gasteiger partial charge in [-0.15, -0.1) is 0 Å². The minimum Gasteiger partial charge on any atom is -0.456 e. The molecule has 0 saturated carbocycles. The molecule has 0 aromatic heterocycles. The lowest BCUT2D eigenvalue weighted by Gasteiger charge is -2.30. The lowest BCUT2D eigenvalue weighted by Crippen LogP contribution is -2.41. The molecule has 2 aliphatic rings. The predicted octanol–water partition coefficient (Wildman–Crippen LogP) is -0.377. The number of rotatable bonds is 1. The van der Waals surface area contributed by atoms with Gasteiger partial charge in [0.1, 0.15) is 11.8 Å². The van der Waals surface area contributed by atoms with Crippen molar-refractivity contribution < 1.29 is 14.3 Å². The van der Waals surface area contributed by atoms with Gasteiger partial charge in [-0.3, -0.25) is 4.79 Å². The summed E-state index contributed by atoms with van der Waals surface area (Å²) in [6.07, 6.45) is -0.124. The van der Waals surface area contributed by atoms with Gasteiger partial charge in [0, 0.05) is 12.5 Å². The quantitative estimate of drug-likeness (QED) is 0.599. The summed E-state index contributed by atoms with van der Waals surface area (Å²) in [5.41, 5.74) is 6.04. The number of nitrogens with two attached hydrogens (primary N) is 1. The molecule has 0 aromatic rings. The zero-order chi connectivity index (χ0) is 11.2. The van der Waals surface area contributed by atoms with Gasteiger partial charge < -0.3 is 15.4 Å². The second-order valence-corrected chi connectivity index (χ2v) is 4.15. The van der Waals surface area contributed by atoms with Crippen molar-refractivity contribution in [3.63, 3.8) is 0 Å². The Bertz CT molecular complexity index is 362. The third-order valence-corrected chi connectivity index (χ3v) is 2.80. The van der Waals surface area contributed by atoms with Gasteiger partial charge in [0.2, 0.25) is 5.91 Å². The monoisotopic (exact) mass is 210 g/mol. The van der Waals surface area contributed by atoms with Crippen molar-refractivity contribution in [1.82, 2.24) is 4.90 Å². The summed E-state index contributed by atoms with van der Waals surface area (Å²) in [7, 11) is 0. The van der Waals surface area contributed by atoms with Gasteiger partial charge in [-0.1, -0.05) is 6.92 Å². The number of amides is 1. The molecular weight excluding hydrogens is 196 g/mol. The van der Waals surface area contributed by atoms with Crippen LogP contribution < -0.4 is 5.73 Å². The second kappa shape index (κ2) is 3.25. The average Bonchev–Trinajstić information content (AvgIpc) is 2.40. The molecule has 1 amide bonds. The van der Waals surface area contributed by atoms with Crippen molar-refractivity contribution in [2.24, 2.45) is 11.7 Å². The minimum absolute atomic E-state index is 0.00958. The van der Waals surface area contributed by atoms with E-state index in [4.69, 9.17) is 10.5 Å². The number of carbonyl (C=O) groups is 2. The molecule has 2 rings (SSSR count). The third-order valence-electron chi connectivity index (χ3n) is 2.80. The van der Waals surface area contributed by atoms with Crippen LogP contribution in [0.1, 0.15) is 13.8 Å². The van der Waals surface area contributed by atoms with E-state index in [0.29, 0.717) is 24.4 Å². The summed E-state index contributed by atoms with van der Waals surface area (Å²) < 4.78 is 5.08. The molecule has 0 aromatic carbocycles. The molecular formula is C10H14N2O3. The summed E-state index contributed by atoms with van der Waals surface area (Å²) in [5.74, 6) is -0.936. The fraction of sp³-hybridized carbons (Fsp3) is 0.600. The number of nitrogens with zero attached hydrogens (tertiary/aromatic N) is 1. The number of cyclic esters (lactones) is 1. The van der Waals surface area contributed by atoms with Crippen LogP contribution >= 0.6 is 0 Å². The molecule has 0 spiro atoms. The number of ether oxygens (including phenoxy) is 1. The molecule has 2 atom stereocenters. The van der Waals surface area contributed by atoms with Gasteiger partial charge in [-0.25, -0.2) is 4.79 Å². The van der Waals surface area contributed by atoms with Crippen LogP contribution in [-0.2, 0) is 14.3 Å². The Balaban J connectivity index is 2.41. The van der Waals surface area contributed by atoms with Gasteiger partial charge in [-0.05, 0) is 6.92 Å². The normalized spacial score (nSPS) is 30.3. The topological polar surface area (TPSA) is 72.6 Å². The van der Waals surface area contributed by atoms with Crippen LogP contribution in [0.3, 0.4) is 0 Å². The van der Waals surface area contributed by atoms with E-state index in [1.54, 1.807) is 0 Å². The third kappa shape index (κ3) is 1.48. The summed E-state index contributed by atoms with van der Waals surface area (Å²) in [4.78, 5) is 24.7. The zero-order valence-corrected chi connectivity index (χ0v) is 8.82. The Morgan fingerprint density at radius 2 is 2.13 bits per heavy atom. The van der Waals surface area contributed by atoms with Crippen LogP contribution in [0.15, 0.2) is 11.3 Å². The highest BCUT2D eigenvalue weighted by Gasteiger charge is 2.40. The van der Waals surface area contributed by atoms with Crippen LogP contribution in [0.4, 0.5) is 0 Å². The smallest absolute Gasteiger partial charge is 0.355 e. The summed E-state index contributed by atoms with van der Waals surface area (Å²) >= 11 is 0. The minimum atomic E-state index is -0.522. The van der Waals surface area contributed by atoms with Crippen molar-refractivity contribution in [3.05, 3.63) is 11.3 Å². The highest BCUT2D eigenvalue weighted by Crippen LogP contribution is 2.31. The van der Waals surface area contributed by atoms with Crippen molar-refractivity contribution in [3.8, 4) is 0 Å². The number of hydrogen-bond donors (Lipinski definition) is 1. The van der Waals surface area contributed by atoms with E-state index in [0.717, 1.165) is 0 Å². The van der Waals surface area contributed by atoms with E-state index in [1.807, 2.05) is 18.7 Å². The van der Waals surface area contributed by atoms with Crippen LogP contribution in [0.25, 0.3) is 0 Å². The number of hydrogen-bond acceptors (Lipinski definition) is 4. The summed E-state index contributed by atoms with van der Waals surface area (Å²) in [5, 5.41) is 0. The van der Waals surface area contributed by atoms with Gasteiger partial charge >= 0.3 is 5.97 Å². The molecule has 1 fully saturated rings. The number of carbonyl (C=O) groups excluding carboxylic acids is 2. The van der Waals surface area contributed by atoms with Gasteiger partial charge in [-0.2, -0.15) is 0 Å². The highest BCUT2D eigenvalue weighted by molar-refractivity contribution is 6.03. The van der Waals surface area contributed by atoms with E-state index in [2.05, 4.69) is 0 Å². The number of esters is 1. The van der Waals surface area contributed by atoms with Crippen molar-refractivity contribution in [2.45, 2.75) is 20.0 Å². The molecule has 82 valence electrons. The van der Waals surface area contributed by atoms with E-state index in [-0.39, 0.29) is 12.0 Å². The number of primary amides is 1. The number of morpholine rings is 1. The molecule has 0 bridgehead atoms. The first-order valence-corrected chi connectivity index (χ1v) is 5.00. The summed E-state index contributed by atoms with van der Waals surface area (Å²) in [6.45, 7) is 5.04. The largest absolute Gasteiger partial charge is 0.456 e. The van der Waals surface area contributed by atoms with E-state index in [1.165, 1.54) is 0 Å². The molecule has 5 nitrogen and oxygen atoms in total. The average molecular weight is 210 g/mol. The Morgan fingerprint density at radius 3 is 2.73 bits per heavy atom. The Labute approximate surface area is 87.9 Å². The van der Waals surface area contributed by atoms with E-state index in [9.17, 15) is 9.59 Å². The highest BCUT2D eigenvalue weighted by atomic mass is 16.5. The first kappa shape index (κ1) is 10.0. The SMILES string of the molecule is CC1CN2CC(C)C(C(N)=O)=C2C(=O)O1. The lowest BCUT2D eigenvalue weighted by atomic mass is 10.0. The van der Waals surface area contributed by atoms with Crippen molar-refractivity contribution >= 4 is 11.9 Å². The predicted molar refractivity (Wildman–Crippen MR) is 52.5 cm³/mol. The summed E-state index contributed by atoms with van der Waals surface area (Å²) in [6, 6.07) is 0. The van der Waals surface area contributed by atoms with Gasteiger partial charge in [0.25, 0.3) is 0 Å². The lowest BCUT2D eigenvalue weighted by molar-refractivity contribution is -0.150. The second-order valence-electron chi connectivity index (χ2n) is 4.15. The molecule has 15 heavy (non-hydrogen) atoms.